The van der Waals surface area contributed by atoms with Crippen LogP contribution in [0.15, 0.2) is 40.9 Å². The molecule has 0 saturated heterocycles. The Kier molecular flexibility index (Phi) is 4.23. The standard InChI is InChI=1S/C17H16BrClFN/c1-10-8-14(18)15(20)9-16(10)21-17(11-2-3-11)12-4-6-13(19)7-5-12/h4-9,11,17,21H,2-3H2,1H3. The van der Waals surface area contributed by atoms with E-state index in [1.807, 2.05) is 37.3 Å². The molecule has 2 aromatic carbocycles. The van der Waals surface area contributed by atoms with Gasteiger partial charge in [0.15, 0.2) is 0 Å². The highest BCUT2D eigenvalue weighted by molar-refractivity contribution is 9.10. The summed E-state index contributed by atoms with van der Waals surface area (Å²) in [4.78, 5) is 0. The van der Waals surface area contributed by atoms with E-state index in [9.17, 15) is 4.39 Å². The van der Waals surface area contributed by atoms with E-state index in [2.05, 4.69) is 21.2 Å². The molecule has 0 aromatic heterocycles. The summed E-state index contributed by atoms with van der Waals surface area (Å²) in [5.41, 5.74) is 3.08. The molecule has 0 aliphatic heterocycles. The molecule has 1 saturated carbocycles. The number of nitrogens with one attached hydrogen (secondary N) is 1. The second kappa shape index (κ2) is 5.98. The van der Waals surface area contributed by atoms with Crippen LogP contribution in [-0.4, -0.2) is 0 Å². The van der Waals surface area contributed by atoms with Crippen LogP contribution in [0.1, 0.15) is 30.0 Å². The number of rotatable bonds is 4. The van der Waals surface area contributed by atoms with E-state index in [0.29, 0.717) is 10.4 Å². The van der Waals surface area contributed by atoms with E-state index in [1.54, 1.807) is 6.07 Å². The quantitative estimate of drug-likeness (QED) is 0.686. The molecule has 0 radical (unpaired) electrons. The Labute approximate surface area is 137 Å². The fraction of sp³-hybridized carbons (Fsp3) is 0.294. The third-order valence-corrected chi connectivity index (χ3v) is 4.76. The van der Waals surface area contributed by atoms with E-state index in [1.165, 1.54) is 18.4 Å². The predicted molar refractivity (Wildman–Crippen MR) is 89.4 cm³/mol. The first-order chi connectivity index (χ1) is 10.0. The number of halogens is 3. The van der Waals surface area contributed by atoms with Gasteiger partial charge in [-0.25, -0.2) is 4.39 Å². The molecule has 4 heteroatoms. The van der Waals surface area contributed by atoms with Crippen LogP contribution in [0.3, 0.4) is 0 Å². The van der Waals surface area contributed by atoms with Crippen molar-refractivity contribution in [2.24, 2.45) is 5.92 Å². The van der Waals surface area contributed by atoms with Crippen LogP contribution in [0.2, 0.25) is 5.02 Å². The predicted octanol–water partition coefficient (Wildman–Crippen LogP) is 6.11. The molecule has 1 aliphatic carbocycles. The highest BCUT2D eigenvalue weighted by Crippen LogP contribution is 2.43. The topological polar surface area (TPSA) is 12.0 Å². The average molecular weight is 369 g/mol. The Hall–Kier alpha value is -1.06. The summed E-state index contributed by atoms with van der Waals surface area (Å²) >= 11 is 9.18. The van der Waals surface area contributed by atoms with Crippen LogP contribution < -0.4 is 5.32 Å². The molecule has 1 fully saturated rings. The molecule has 110 valence electrons. The minimum Gasteiger partial charge on any atom is -0.378 e. The summed E-state index contributed by atoms with van der Waals surface area (Å²) < 4.78 is 14.3. The van der Waals surface area contributed by atoms with Crippen molar-refractivity contribution in [3.63, 3.8) is 0 Å². The summed E-state index contributed by atoms with van der Waals surface area (Å²) in [5.74, 6) is 0.367. The van der Waals surface area contributed by atoms with E-state index < -0.39 is 0 Å². The van der Waals surface area contributed by atoms with Gasteiger partial charge in [-0.3, -0.25) is 0 Å². The average Bonchev–Trinajstić information content (AvgIpc) is 3.27. The number of hydrogen-bond donors (Lipinski definition) is 1. The molecule has 0 bridgehead atoms. The Balaban J connectivity index is 1.89. The summed E-state index contributed by atoms with van der Waals surface area (Å²) in [6.45, 7) is 1.98. The van der Waals surface area contributed by atoms with Gasteiger partial charge in [0.1, 0.15) is 5.82 Å². The van der Waals surface area contributed by atoms with Crippen molar-refractivity contribution in [1.29, 1.82) is 0 Å². The molecule has 1 aliphatic rings. The minimum absolute atomic E-state index is 0.210. The zero-order valence-corrected chi connectivity index (χ0v) is 14.0. The summed E-state index contributed by atoms with van der Waals surface area (Å²) in [6, 6.07) is 11.5. The van der Waals surface area contributed by atoms with E-state index in [-0.39, 0.29) is 11.9 Å². The Bertz CT molecular complexity index is 653. The molecule has 1 unspecified atom stereocenters. The van der Waals surface area contributed by atoms with E-state index in [0.717, 1.165) is 16.3 Å². The SMILES string of the molecule is Cc1cc(Br)c(F)cc1NC(c1ccc(Cl)cc1)C1CC1. The summed E-state index contributed by atoms with van der Waals surface area (Å²) in [6.07, 6.45) is 2.41. The molecule has 2 aromatic rings. The van der Waals surface area contributed by atoms with Crippen molar-refractivity contribution in [2.75, 3.05) is 5.32 Å². The highest BCUT2D eigenvalue weighted by atomic mass is 79.9. The third-order valence-electron chi connectivity index (χ3n) is 3.90. The summed E-state index contributed by atoms with van der Waals surface area (Å²) in [5, 5.41) is 4.24. The molecule has 0 amide bonds. The largest absolute Gasteiger partial charge is 0.378 e. The first-order valence-corrected chi connectivity index (χ1v) is 8.19. The molecule has 1 atom stereocenters. The second-order valence-electron chi connectivity index (χ2n) is 5.59. The lowest BCUT2D eigenvalue weighted by Crippen LogP contribution is -2.14. The van der Waals surface area contributed by atoms with Gasteiger partial charge in [0.25, 0.3) is 0 Å². The van der Waals surface area contributed by atoms with Gasteiger partial charge in [-0.2, -0.15) is 0 Å². The van der Waals surface area contributed by atoms with Gasteiger partial charge in [-0.05, 0) is 77.0 Å². The van der Waals surface area contributed by atoms with Crippen LogP contribution in [0, 0.1) is 18.7 Å². The normalized spacial score (nSPS) is 15.8. The third kappa shape index (κ3) is 3.41. The summed E-state index contributed by atoms with van der Waals surface area (Å²) in [7, 11) is 0. The highest BCUT2D eigenvalue weighted by Gasteiger charge is 2.32. The fourth-order valence-corrected chi connectivity index (χ4v) is 3.13. The van der Waals surface area contributed by atoms with Gasteiger partial charge in [0.05, 0.1) is 10.5 Å². The molecular formula is C17H16BrClFN. The first-order valence-electron chi connectivity index (χ1n) is 7.02. The Morgan fingerprint density at radius 3 is 2.52 bits per heavy atom. The maximum atomic E-state index is 13.8. The molecule has 1 N–H and O–H groups in total. The molecule has 1 nitrogen and oxygen atoms in total. The van der Waals surface area contributed by atoms with Gasteiger partial charge in [0, 0.05) is 10.7 Å². The van der Waals surface area contributed by atoms with Gasteiger partial charge >= 0.3 is 0 Å². The van der Waals surface area contributed by atoms with Crippen LogP contribution in [0.4, 0.5) is 10.1 Å². The Morgan fingerprint density at radius 1 is 1.24 bits per heavy atom. The molecule has 3 rings (SSSR count). The number of benzene rings is 2. The lowest BCUT2D eigenvalue weighted by atomic mass is 10.0. The first kappa shape index (κ1) is 14.9. The molecule has 0 spiro atoms. The van der Waals surface area contributed by atoms with Crippen LogP contribution in [0.25, 0.3) is 0 Å². The minimum atomic E-state index is -0.242. The van der Waals surface area contributed by atoms with Crippen molar-refractivity contribution >= 4 is 33.2 Å². The van der Waals surface area contributed by atoms with Gasteiger partial charge < -0.3 is 5.32 Å². The number of aryl methyl sites for hydroxylation is 1. The van der Waals surface area contributed by atoms with Crippen molar-refractivity contribution in [3.8, 4) is 0 Å². The van der Waals surface area contributed by atoms with Gasteiger partial charge in [0.2, 0.25) is 0 Å². The van der Waals surface area contributed by atoms with E-state index >= 15 is 0 Å². The van der Waals surface area contributed by atoms with Crippen LogP contribution in [0.5, 0.6) is 0 Å². The lowest BCUT2D eigenvalue weighted by molar-refractivity contribution is 0.619. The maximum Gasteiger partial charge on any atom is 0.139 e. The molecular weight excluding hydrogens is 353 g/mol. The smallest absolute Gasteiger partial charge is 0.139 e. The number of anilines is 1. The number of hydrogen-bond acceptors (Lipinski definition) is 1. The van der Waals surface area contributed by atoms with Crippen molar-refractivity contribution in [3.05, 3.63) is 62.8 Å². The van der Waals surface area contributed by atoms with Crippen molar-refractivity contribution < 1.29 is 4.39 Å². The van der Waals surface area contributed by atoms with Crippen molar-refractivity contribution in [2.45, 2.75) is 25.8 Å². The zero-order chi connectivity index (χ0) is 15.0. The Morgan fingerprint density at radius 2 is 1.90 bits per heavy atom. The lowest BCUT2D eigenvalue weighted by Gasteiger charge is -2.22. The van der Waals surface area contributed by atoms with Crippen LogP contribution in [-0.2, 0) is 0 Å². The molecule has 0 heterocycles. The zero-order valence-electron chi connectivity index (χ0n) is 11.7. The fourth-order valence-electron chi connectivity index (χ4n) is 2.54. The monoisotopic (exact) mass is 367 g/mol. The maximum absolute atomic E-state index is 13.8. The van der Waals surface area contributed by atoms with Gasteiger partial charge in [-0.1, -0.05) is 23.7 Å². The van der Waals surface area contributed by atoms with Gasteiger partial charge in [-0.15, -0.1) is 0 Å². The van der Waals surface area contributed by atoms with Crippen LogP contribution >= 0.6 is 27.5 Å². The van der Waals surface area contributed by atoms with E-state index in [4.69, 9.17) is 11.6 Å². The second-order valence-corrected chi connectivity index (χ2v) is 6.88. The van der Waals surface area contributed by atoms with Crippen molar-refractivity contribution in [1.82, 2.24) is 0 Å². The molecule has 21 heavy (non-hydrogen) atoms.